The molecule has 0 fully saturated rings. The van der Waals surface area contributed by atoms with Gasteiger partial charge in [0, 0.05) is 49.6 Å². The van der Waals surface area contributed by atoms with Gasteiger partial charge in [0.2, 0.25) is 5.91 Å². The van der Waals surface area contributed by atoms with Gasteiger partial charge in [-0.25, -0.2) is 9.37 Å². The van der Waals surface area contributed by atoms with Crippen LogP contribution in [-0.2, 0) is 24.7 Å². The first kappa shape index (κ1) is 22.7. The monoisotopic (exact) mass is 440 g/mol. The third-order valence-corrected chi connectivity index (χ3v) is 6.08. The van der Waals surface area contributed by atoms with Gasteiger partial charge in [0.05, 0.1) is 5.25 Å². The second-order valence-corrected chi connectivity index (χ2v) is 8.52. The first-order chi connectivity index (χ1) is 14.9. The van der Waals surface area contributed by atoms with Crippen molar-refractivity contribution in [2.75, 3.05) is 6.54 Å². The lowest BCUT2D eigenvalue weighted by atomic mass is 10.0. The average molecular weight is 441 g/mol. The number of aromatic nitrogens is 3. The van der Waals surface area contributed by atoms with Crippen LogP contribution in [0.3, 0.4) is 0 Å². The Balaban J connectivity index is 1.66. The first-order valence-corrected chi connectivity index (χ1v) is 10.9. The molecule has 0 aliphatic carbocycles. The second-order valence-electron chi connectivity index (χ2n) is 7.21. The van der Waals surface area contributed by atoms with Gasteiger partial charge in [0.25, 0.3) is 5.56 Å². The average Bonchev–Trinajstić information content (AvgIpc) is 2.76. The summed E-state index contributed by atoms with van der Waals surface area (Å²) in [7, 11) is 1.62. The van der Waals surface area contributed by atoms with Crippen LogP contribution in [0.15, 0.2) is 58.6 Å². The summed E-state index contributed by atoms with van der Waals surface area (Å²) < 4.78 is 15.4. The van der Waals surface area contributed by atoms with Crippen LogP contribution in [-0.4, -0.2) is 32.2 Å². The van der Waals surface area contributed by atoms with Gasteiger partial charge in [0.1, 0.15) is 5.82 Å². The lowest BCUT2D eigenvalue weighted by Crippen LogP contribution is -2.33. The van der Waals surface area contributed by atoms with Crippen molar-refractivity contribution in [3.05, 3.63) is 87.3 Å². The van der Waals surface area contributed by atoms with Crippen LogP contribution < -0.4 is 10.9 Å². The molecule has 2 aromatic heterocycles. The Labute approximate surface area is 184 Å². The Morgan fingerprint density at radius 1 is 1.23 bits per heavy atom. The number of pyridine rings is 1. The highest BCUT2D eigenvalue weighted by atomic mass is 32.2. The Kier molecular flexibility index (Phi) is 7.57. The van der Waals surface area contributed by atoms with E-state index >= 15 is 0 Å². The zero-order chi connectivity index (χ0) is 22.4. The van der Waals surface area contributed by atoms with Crippen molar-refractivity contribution >= 4 is 17.7 Å². The predicted molar refractivity (Wildman–Crippen MR) is 120 cm³/mol. The van der Waals surface area contributed by atoms with Crippen molar-refractivity contribution in [2.24, 2.45) is 7.05 Å². The van der Waals surface area contributed by atoms with E-state index < -0.39 is 5.25 Å². The number of thioether (sulfide) groups is 1. The summed E-state index contributed by atoms with van der Waals surface area (Å²) in [5.74, 6) is -0.485. The van der Waals surface area contributed by atoms with Crippen molar-refractivity contribution in [3.63, 3.8) is 0 Å². The van der Waals surface area contributed by atoms with Crippen molar-refractivity contribution in [2.45, 2.75) is 37.1 Å². The fourth-order valence-electron chi connectivity index (χ4n) is 3.09. The van der Waals surface area contributed by atoms with E-state index in [0.29, 0.717) is 34.9 Å². The molecule has 0 radical (unpaired) electrons. The number of hydrogen-bond acceptors (Lipinski definition) is 5. The standard InChI is InChI=1S/C23H25FN4O2S/c1-15-19(14-17-8-4-5-10-20(17)24)22(30)28(3)23(27-15)31-16(2)21(29)26-13-11-18-9-6-7-12-25-18/h4-10,12,16H,11,13-14H2,1-3H3,(H,26,29). The first-order valence-electron chi connectivity index (χ1n) is 10.0. The van der Waals surface area contributed by atoms with E-state index in [2.05, 4.69) is 15.3 Å². The minimum Gasteiger partial charge on any atom is -0.355 e. The second kappa shape index (κ2) is 10.3. The molecule has 0 aliphatic heterocycles. The van der Waals surface area contributed by atoms with E-state index in [0.717, 1.165) is 5.69 Å². The number of benzene rings is 1. The lowest BCUT2D eigenvalue weighted by molar-refractivity contribution is -0.120. The molecular formula is C23H25FN4O2S. The fraction of sp³-hybridized carbons (Fsp3) is 0.304. The number of hydrogen-bond donors (Lipinski definition) is 1. The van der Waals surface area contributed by atoms with Gasteiger partial charge < -0.3 is 5.32 Å². The Morgan fingerprint density at radius 3 is 2.68 bits per heavy atom. The van der Waals surface area contributed by atoms with Crippen LogP contribution in [0.5, 0.6) is 0 Å². The number of carbonyl (C=O) groups is 1. The maximum atomic E-state index is 14.0. The summed E-state index contributed by atoms with van der Waals surface area (Å²) in [4.78, 5) is 34.1. The molecule has 162 valence electrons. The van der Waals surface area contributed by atoms with Gasteiger partial charge in [-0.1, -0.05) is 36.0 Å². The molecule has 3 aromatic rings. The number of amides is 1. The Bertz CT molecular complexity index is 1120. The van der Waals surface area contributed by atoms with E-state index in [1.165, 1.54) is 22.4 Å². The van der Waals surface area contributed by atoms with Crippen molar-refractivity contribution < 1.29 is 9.18 Å². The van der Waals surface area contributed by atoms with Gasteiger partial charge in [0.15, 0.2) is 5.16 Å². The zero-order valence-corrected chi connectivity index (χ0v) is 18.6. The van der Waals surface area contributed by atoms with E-state index in [4.69, 9.17) is 0 Å². The molecule has 2 heterocycles. The molecule has 31 heavy (non-hydrogen) atoms. The summed E-state index contributed by atoms with van der Waals surface area (Å²) in [5, 5.41) is 2.91. The van der Waals surface area contributed by atoms with E-state index in [9.17, 15) is 14.0 Å². The normalized spacial score (nSPS) is 11.9. The van der Waals surface area contributed by atoms with Crippen molar-refractivity contribution in [1.29, 1.82) is 0 Å². The van der Waals surface area contributed by atoms with Gasteiger partial charge >= 0.3 is 0 Å². The largest absolute Gasteiger partial charge is 0.355 e. The summed E-state index contributed by atoms with van der Waals surface area (Å²) in [6, 6.07) is 12.1. The maximum Gasteiger partial charge on any atom is 0.257 e. The van der Waals surface area contributed by atoms with E-state index in [1.54, 1.807) is 45.3 Å². The quantitative estimate of drug-likeness (QED) is 0.430. The summed E-state index contributed by atoms with van der Waals surface area (Å²) in [6.07, 6.45) is 2.54. The molecule has 1 N–H and O–H groups in total. The molecule has 0 aliphatic rings. The van der Waals surface area contributed by atoms with Crippen LogP contribution in [0.25, 0.3) is 0 Å². The van der Waals surface area contributed by atoms with Gasteiger partial charge in [-0.2, -0.15) is 0 Å². The highest BCUT2D eigenvalue weighted by Gasteiger charge is 2.19. The number of halogens is 1. The molecule has 1 unspecified atom stereocenters. The van der Waals surface area contributed by atoms with Crippen LogP contribution >= 0.6 is 11.8 Å². The fourth-order valence-corrected chi connectivity index (χ4v) is 4.02. The summed E-state index contributed by atoms with van der Waals surface area (Å²) in [5.41, 5.74) is 2.11. The van der Waals surface area contributed by atoms with Crippen LogP contribution in [0.2, 0.25) is 0 Å². The third-order valence-electron chi connectivity index (χ3n) is 4.93. The highest BCUT2D eigenvalue weighted by molar-refractivity contribution is 8.00. The number of carbonyl (C=O) groups excluding carboxylic acids is 1. The van der Waals surface area contributed by atoms with Crippen molar-refractivity contribution in [1.82, 2.24) is 19.9 Å². The van der Waals surface area contributed by atoms with E-state index in [1.807, 2.05) is 18.2 Å². The zero-order valence-electron chi connectivity index (χ0n) is 17.8. The highest BCUT2D eigenvalue weighted by Crippen LogP contribution is 2.22. The maximum absolute atomic E-state index is 14.0. The molecule has 6 nitrogen and oxygen atoms in total. The molecular weight excluding hydrogens is 415 g/mol. The molecule has 1 amide bonds. The number of nitrogens with one attached hydrogen (secondary N) is 1. The predicted octanol–water partition coefficient (Wildman–Crippen LogP) is 3.05. The Hall–Kier alpha value is -3.00. The van der Waals surface area contributed by atoms with Gasteiger partial charge in [-0.05, 0) is 37.6 Å². The number of rotatable bonds is 8. The third kappa shape index (κ3) is 5.79. The molecule has 0 saturated heterocycles. The van der Waals surface area contributed by atoms with Crippen LogP contribution in [0.1, 0.15) is 29.4 Å². The lowest BCUT2D eigenvalue weighted by Gasteiger charge is -2.15. The number of aryl methyl sites for hydroxylation is 1. The molecule has 0 spiro atoms. The Morgan fingerprint density at radius 2 is 1.97 bits per heavy atom. The minimum absolute atomic E-state index is 0.136. The van der Waals surface area contributed by atoms with Gasteiger partial charge in [-0.15, -0.1) is 0 Å². The summed E-state index contributed by atoms with van der Waals surface area (Å²) in [6.45, 7) is 3.99. The molecule has 0 bridgehead atoms. The van der Waals surface area contributed by atoms with Crippen molar-refractivity contribution in [3.8, 4) is 0 Å². The van der Waals surface area contributed by atoms with E-state index in [-0.39, 0.29) is 23.7 Å². The number of nitrogens with zero attached hydrogens (tertiary/aromatic N) is 3. The topological polar surface area (TPSA) is 76.9 Å². The van der Waals surface area contributed by atoms with Crippen LogP contribution in [0, 0.1) is 12.7 Å². The molecule has 0 saturated carbocycles. The summed E-state index contributed by atoms with van der Waals surface area (Å²) >= 11 is 1.22. The molecule has 8 heteroatoms. The minimum atomic E-state index is -0.432. The van der Waals surface area contributed by atoms with Crippen LogP contribution in [0.4, 0.5) is 4.39 Å². The molecule has 1 atom stereocenters. The SMILES string of the molecule is Cc1nc(SC(C)C(=O)NCCc2ccccn2)n(C)c(=O)c1Cc1ccccc1F. The van der Waals surface area contributed by atoms with Gasteiger partial charge in [-0.3, -0.25) is 19.1 Å². The molecule has 3 rings (SSSR count). The molecule has 1 aromatic carbocycles. The smallest absolute Gasteiger partial charge is 0.257 e.